The standard InChI is InChI=1S/C14H23N3O3S/c1-10(2)17(11(3)4)21(19,20)13-5-6-14(15-7-13)16-8-12(18)9-16/h5-7,10-12,18H,8-9H2,1-4H3. The van der Waals surface area contributed by atoms with Gasteiger partial charge in [-0.15, -0.1) is 0 Å². The van der Waals surface area contributed by atoms with Gasteiger partial charge in [-0.25, -0.2) is 13.4 Å². The zero-order valence-electron chi connectivity index (χ0n) is 12.9. The summed E-state index contributed by atoms with van der Waals surface area (Å²) in [5.74, 6) is 0.694. The molecule has 0 aliphatic carbocycles. The molecule has 1 aromatic rings. The van der Waals surface area contributed by atoms with Gasteiger partial charge in [0.25, 0.3) is 0 Å². The Kier molecular flexibility index (Phi) is 4.55. The van der Waals surface area contributed by atoms with E-state index in [9.17, 15) is 13.5 Å². The second-order valence-electron chi connectivity index (χ2n) is 5.93. The van der Waals surface area contributed by atoms with Crippen LogP contribution >= 0.6 is 0 Å². The largest absolute Gasteiger partial charge is 0.389 e. The maximum Gasteiger partial charge on any atom is 0.245 e. The van der Waals surface area contributed by atoms with Crippen LogP contribution in [-0.4, -0.2) is 54.1 Å². The molecule has 1 aromatic heterocycles. The Labute approximate surface area is 126 Å². The van der Waals surface area contributed by atoms with Gasteiger partial charge in [0.1, 0.15) is 10.7 Å². The van der Waals surface area contributed by atoms with Crippen LogP contribution in [0.15, 0.2) is 23.2 Å². The van der Waals surface area contributed by atoms with E-state index >= 15 is 0 Å². The number of β-amino-alcohol motifs (C(OH)–C–C–N with tert-alkyl or cyclic N) is 1. The molecule has 0 bridgehead atoms. The first-order valence-corrected chi connectivity index (χ1v) is 8.60. The van der Waals surface area contributed by atoms with Crippen LogP contribution < -0.4 is 4.90 Å². The zero-order valence-corrected chi connectivity index (χ0v) is 13.7. The van der Waals surface area contributed by atoms with Crippen LogP contribution in [0.5, 0.6) is 0 Å². The maximum absolute atomic E-state index is 12.7. The normalized spacial score (nSPS) is 16.9. The molecule has 1 N–H and O–H groups in total. The van der Waals surface area contributed by atoms with Gasteiger partial charge in [0, 0.05) is 31.4 Å². The Bertz CT molecular complexity index is 570. The highest BCUT2D eigenvalue weighted by Gasteiger charge is 2.30. The molecule has 0 aromatic carbocycles. The van der Waals surface area contributed by atoms with E-state index in [2.05, 4.69) is 4.98 Å². The Morgan fingerprint density at radius 3 is 2.19 bits per heavy atom. The predicted molar refractivity (Wildman–Crippen MR) is 81.8 cm³/mol. The lowest BCUT2D eigenvalue weighted by Gasteiger charge is -2.36. The molecular formula is C14H23N3O3S. The molecule has 1 fully saturated rings. The Balaban J connectivity index is 2.24. The molecule has 7 heteroatoms. The lowest BCUT2D eigenvalue weighted by atomic mass is 10.2. The molecule has 118 valence electrons. The number of hydrogen-bond acceptors (Lipinski definition) is 5. The van der Waals surface area contributed by atoms with Crippen molar-refractivity contribution in [1.29, 1.82) is 0 Å². The fraction of sp³-hybridized carbons (Fsp3) is 0.643. The van der Waals surface area contributed by atoms with Crippen LogP contribution in [0.1, 0.15) is 27.7 Å². The summed E-state index contributed by atoms with van der Waals surface area (Å²) in [7, 11) is -3.54. The van der Waals surface area contributed by atoms with Gasteiger partial charge >= 0.3 is 0 Å². The highest BCUT2D eigenvalue weighted by Crippen LogP contribution is 2.23. The van der Waals surface area contributed by atoms with E-state index in [1.165, 1.54) is 10.5 Å². The van der Waals surface area contributed by atoms with Gasteiger partial charge in [-0.1, -0.05) is 0 Å². The van der Waals surface area contributed by atoms with Gasteiger partial charge < -0.3 is 10.0 Å². The number of nitrogens with zero attached hydrogens (tertiary/aromatic N) is 3. The highest BCUT2D eigenvalue weighted by atomic mass is 32.2. The van der Waals surface area contributed by atoms with Crippen molar-refractivity contribution in [1.82, 2.24) is 9.29 Å². The van der Waals surface area contributed by atoms with Gasteiger partial charge in [0.05, 0.1) is 6.10 Å². The fourth-order valence-corrected chi connectivity index (χ4v) is 4.41. The van der Waals surface area contributed by atoms with Crippen molar-refractivity contribution in [3.63, 3.8) is 0 Å². The average Bonchev–Trinajstić information content (AvgIpc) is 2.33. The van der Waals surface area contributed by atoms with Crippen LogP contribution in [-0.2, 0) is 10.0 Å². The molecular weight excluding hydrogens is 290 g/mol. The lowest BCUT2D eigenvalue weighted by Crippen LogP contribution is -2.51. The Hall–Kier alpha value is -1.18. The number of rotatable bonds is 5. The molecule has 21 heavy (non-hydrogen) atoms. The highest BCUT2D eigenvalue weighted by molar-refractivity contribution is 7.89. The summed E-state index contributed by atoms with van der Waals surface area (Å²) in [6.07, 6.45) is 1.08. The number of sulfonamides is 1. The third kappa shape index (κ3) is 3.20. The van der Waals surface area contributed by atoms with Gasteiger partial charge in [-0.3, -0.25) is 0 Å². The minimum Gasteiger partial charge on any atom is -0.389 e. The van der Waals surface area contributed by atoms with Crippen molar-refractivity contribution in [3.8, 4) is 0 Å². The minimum atomic E-state index is -3.54. The smallest absolute Gasteiger partial charge is 0.245 e. The number of aliphatic hydroxyl groups is 1. The van der Waals surface area contributed by atoms with Gasteiger partial charge in [0.15, 0.2) is 0 Å². The van der Waals surface area contributed by atoms with Crippen molar-refractivity contribution in [3.05, 3.63) is 18.3 Å². The zero-order chi connectivity index (χ0) is 15.8. The molecule has 0 atom stereocenters. The molecule has 2 heterocycles. The summed E-state index contributed by atoms with van der Waals surface area (Å²) < 4.78 is 26.8. The average molecular weight is 313 g/mol. The van der Waals surface area contributed by atoms with Gasteiger partial charge in [-0.2, -0.15) is 4.31 Å². The van der Waals surface area contributed by atoms with E-state index in [1.54, 1.807) is 12.1 Å². The van der Waals surface area contributed by atoms with E-state index in [-0.39, 0.29) is 23.1 Å². The molecule has 2 rings (SSSR count). The number of aromatic nitrogens is 1. The van der Waals surface area contributed by atoms with Gasteiger partial charge in [0.2, 0.25) is 10.0 Å². The summed E-state index contributed by atoms with van der Waals surface area (Å²) in [5, 5.41) is 9.29. The number of aliphatic hydroxyl groups excluding tert-OH is 1. The number of hydrogen-bond donors (Lipinski definition) is 1. The predicted octanol–water partition coefficient (Wildman–Crippen LogP) is 1.07. The Morgan fingerprint density at radius 2 is 1.81 bits per heavy atom. The summed E-state index contributed by atoms with van der Waals surface area (Å²) in [4.78, 5) is 6.32. The van der Waals surface area contributed by atoms with Crippen LogP contribution in [0.2, 0.25) is 0 Å². The van der Waals surface area contributed by atoms with Crippen LogP contribution in [0, 0.1) is 0 Å². The summed E-state index contributed by atoms with van der Waals surface area (Å²) >= 11 is 0. The maximum atomic E-state index is 12.7. The van der Waals surface area contributed by atoms with Crippen molar-refractivity contribution in [2.24, 2.45) is 0 Å². The first kappa shape index (κ1) is 16.2. The van der Waals surface area contributed by atoms with Gasteiger partial charge in [-0.05, 0) is 39.8 Å². The van der Waals surface area contributed by atoms with Crippen molar-refractivity contribution < 1.29 is 13.5 Å². The van der Waals surface area contributed by atoms with Crippen LogP contribution in [0.25, 0.3) is 0 Å². The summed E-state index contributed by atoms with van der Waals surface area (Å²) in [6, 6.07) is 3.05. The van der Waals surface area contributed by atoms with Crippen molar-refractivity contribution in [2.45, 2.75) is 50.8 Å². The Morgan fingerprint density at radius 1 is 1.24 bits per heavy atom. The van der Waals surface area contributed by atoms with E-state index in [0.717, 1.165) is 0 Å². The second-order valence-corrected chi connectivity index (χ2v) is 7.78. The molecule has 6 nitrogen and oxygen atoms in total. The molecule has 1 aliphatic rings. The molecule has 0 unspecified atom stereocenters. The van der Waals surface area contributed by atoms with Crippen LogP contribution in [0.3, 0.4) is 0 Å². The van der Waals surface area contributed by atoms with E-state index in [1.807, 2.05) is 32.6 Å². The molecule has 0 amide bonds. The van der Waals surface area contributed by atoms with E-state index in [0.29, 0.717) is 18.9 Å². The first-order valence-electron chi connectivity index (χ1n) is 7.16. The fourth-order valence-electron chi connectivity index (χ4n) is 2.63. The topological polar surface area (TPSA) is 73.7 Å². The summed E-state index contributed by atoms with van der Waals surface area (Å²) in [5.41, 5.74) is 0. The number of pyridine rings is 1. The molecule has 0 saturated carbocycles. The molecule has 0 radical (unpaired) electrons. The van der Waals surface area contributed by atoms with Crippen molar-refractivity contribution >= 4 is 15.8 Å². The SMILES string of the molecule is CC(C)N(C(C)C)S(=O)(=O)c1ccc(N2CC(O)C2)nc1. The van der Waals surface area contributed by atoms with E-state index in [4.69, 9.17) is 0 Å². The number of anilines is 1. The second kappa shape index (κ2) is 5.90. The van der Waals surface area contributed by atoms with E-state index < -0.39 is 10.0 Å². The summed E-state index contributed by atoms with van der Waals surface area (Å²) in [6.45, 7) is 8.54. The molecule has 1 saturated heterocycles. The van der Waals surface area contributed by atoms with Crippen molar-refractivity contribution in [2.75, 3.05) is 18.0 Å². The third-order valence-electron chi connectivity index (χ3n) is 3.50. The first-order chi connectivity index (χ1) is 9.73. The van der Waals surface area contributed by atoms with Crippen LogP contribution in [0.4, 0.5) is 5.82 Å². The third-order valence-corrected chi connectivity index (χ3v) is 5.74. The molecule has 0 spiro atoms. The monoisotopic (exact) mass is 313 g/mol. The minimum absolute atomic E-state index is 0.111. The lowest BCUT2D eigenvalue weighted by molar-refractivity contribution is 0.141. The quantitative estimate of drug-likeness (QED) is 0.880. The molecule has 1 aliphatic heterocycles.